The maximum absolute atomic E-state index is 13.4. The van der Waals surface area contributed by atoms with E-state index < -0.39 is 17.6 Å². The number of halogens is 2. The summed E-state index contributed by atoms with van der Waals surface area (Å²) in [6.45, 7) is 6.22. The summed E-state index contributed by atoms with van der Waals surface area (Å²) in [5, 5.41) is 0. The lowest BCUT2D eigenvalue weighted by Crippen LogP contribution is -2.46. The van der Waals surface area contributed by atoms with Crippen LogP contribution in [-0.4, -0.2) is 26.3 Å². The van der Waals surface area contributed by atoms with Gasteiger partial charge in [0.15, 0.2) is 0 Å². The zero-order valence-electron chi connectivity index (χ0n) is 20.4. The third kappa shape index (κ3) is 10.9. The van der Waals surface area contributed by atoms with Gasteiger partial charge in [-0.05, 0) is 57.2 Å². The molecule has 0 radical (unpaired) electrons. The number of unbranched alkanes of at least 4 members (excludes halogenated alkanes) is 7. The average Bonchev–Trinajstić information content (AvgIpc) is 2.72. The van der Waals surface area contributed by atoms with Crippen LogP contribution in [0.15, 0.2) is 18.2 Å². The fourth-order valence-corrected chi connectivity index (χ4v) is 4.26. The molecule has 0 amide bonds. The van der Waals surface area contributed by atoms with Gasteiger partial charge >= 0.3 is 0 Å². The predicted octanol–water partition coefficient (Wildman–Crippen LogP) is 7.81. The number of benzene rings is 1. The first-order valence-corrected chi connectivity index (χ1v) is 12.1. The summed E-state index contributed by atoms with van der Waals surface area (Å²) in [5.41, 5.74) is 0.715. The molecular formula is C26H44F2O3. The fourth-order valence-electron chi connectivity index (χ4n) is 4.26. The van der Waals surface area contributed by atoms with E-state index in [1.807, 2.05) is 13.8 Å². The SMILES string of the molecule is CCCCCCCCC(CCCCCc1cc(F)cc(F)c1)C(OC)(OC)OC(C)C. The van der Waals surface area contributed by atoms with Crippen LogP contribution in [0.2, 0.25) is 0 Å². The Kier molecular flexibility index (Phi) is 14.2. The highest BCUT2D eigenvalue weighted by Gasteiger charge is 2.41. The normalized spacial score (nSPS) is 13.2. The zero-order valence-corrected chi connectivity index (χ0v) is 20.4. The van der Waals surface area contributed by atoms with Crippen molar-refractivity contribution in [1.82, 2.24) is 0 Å². The molecule has 1 aromatic rings. The lowest BCUT2D eigenvalue weighted by Gasteiger charge is -2.39. The number of ether oxygens (including phenoxy) is 3. The van der Waals surface area contributed by atoms with Crippen molar-refractivity contribution < 1.29 is 23.0 Å². The van der Waals surface area contributed by atoms with E-state index in [0.29, 0.717) is 12.0 Å². The van der Waals surface area contributed by atoms with Crippen LogP contribution in [0.5, 0.6) is 0 Å². The summed E-state index contributed by atoms with van der Waals surface area (Å²) < 4.78 is 44.4. The van der Waals surface area contributed by atoms with Crippen molar-refractivity contribution in [3.05, 3.63) is 35.4 Å². The van der Waals surface area contributed by atoms with Gasteiger partial charge in [-0.3, -0.25) is 0 Å². The zero-order chi connectivity index (χ0) is 23.1. The van der Waals surface area contributed by atoms with Gasteiger partial charge in [0, 0.05) is 26.2 Å². The minimum absolute atomic E-state index is 0.00479. The second kappa shape index (κ2) is 15.7. The molecule has 0 aliphatic heterocycles. The maximum atomic E-state index is 13.4. The molecular weight excluding hydrogens is 398 g/mol. The molecule has 0 saturated heterocycles. The van der Waals surface area contributed by atoms with Gasteiger partial charge in [-0.1, -0.05) is 58.3 Å². The number of hydrogen-bond acceptors (Lipinski definition) is 3. The summed E-state index contributed by atoms with van der Waals surface area (Å²) in [5.74, 6) is -1.90. The van der Waals surface area contributed by atoms with Crippen molar-refractivity contribution in [2.24, 2.45) is 5.92 Å². The van der Waals surface area contributed by atoms with Crippen LogP contribution in [0, 0.1) is 17.6 Å². The molecule has 0 N–H and O–H groups in total. The van der Waals surface area contributed by atoms with Crippen LogP contribution in [0.4, 0.5) is 8.78 Å². The van der Waals surface area contributed by atoms with Crippen molar-refractivity contribution in [3.8, 4) is 0 Å². The Bertz CT molecular complexity index is 568. The van der Waals surface area contributed by atoms with E-state index in [1.165, 1.54) is 44.2 Å². The summed E-state index contributed by atoms with van der Waals surface area (Å²) >= 11 is 0. The van der Waals surface area contributed by atoms with E-state index in [-0.39, 0.29) is 12.0 Å². The number of aryl methyl sites for hydroxylation is 1. The van der Waals surface area contributed by atoms with Gasteiger partial charge in [-0.25, -0.2) is 8.78 Å². The summed E-state index contributed by atoms with van der Waals surface area (Å²) in [6, 6.07) is 3.75. The lowest BCUT2D eigenvalue weighted by atomic mass is 9.91. The van der Waals surface area contributed by atoms with Gasteiger partial charge in [-0.2, -0.15) is 0 Å². The van der Waals surface area contributed by atoms with Crippen molar-refractivity contribution in [1.29, 1.82) is 0 Å². The van der Waals surface area contributed by atoms with Crippen LogP contribution in [0.1, 0.15) is 97.0 Å². The Morgan fingerprint density at radius 1 is 0.774 bits per heavy atom. The third-order valence-electron chi connectivity index (χ3n) is 5.82. The molecule has 0 aliphatic rings. The molecule has 31 heavy (non-hydrogen) atoms. The fraction of sp³-hybridized carbons (Fsp3) is 0.769. The van der Waals surface area contributed by atoms with Gasteiger partial charge in [0.25, 0.3) is 5.97 Å². The van der Waals surface area contributed by atoms with Crippen molar-refractivity contribution in [2.45, 2.75) is 110 Å². The molecule has 1 atom stereocenters. The Hall–Kier alpha value is -1.04. The molecule has 180 valence electrons. The van der Waals surface area contributed by atoms with E-state index in [9.17, 15) is 8.78 Å². The molecule has 1 aromatic carbocycles. The predicted molar refractivity (Wildman–Crippen MR) is 123 cm³/mol. The molecule has 0 fully saturated rings. The van der Waals surface area contributed by atoms with E-state index >= 15 is 0 Å². The van der Waals surface area contributed by atoms with Crippen LogP contribution in [0.3, 0.4) is 0 Å². The lowest BCUT2D eigenvalue weighted by molar-refractivity contribution is -0.399. The van der Waals surface area contributed by atoms with E-state index in [0.717, 1.165) is 44.6 Å². The van der Waals surface area contributed by atoms with Crippen molar-refractivity contribution >= 4 is 0 Å². The average molecular weight is 443 g/mol. The van der Waals surface area contributed by atoms with Gasteiger partial charge < -0.3 is 14.2 Å². The topological polar surface area (TPSA) is 27.7 Å². The van der Waals surface area contributed by atoms with Gasteiger partial charge in [0.05, 0.1) is 6.10 Å². The Labute approximate surface area is 188 Å². The molecule has 0 heterocycles. The number of methoxy groups -OCH3 is 2. The molecule has 3 nitrogen and oxygen atoms in total. The van der Waals surface area contributed by atoms with Crippen LogP contribution < -0.4 is 0 Å². The molecule has 0 spiro atoms. The molecule has 0 aliphatic carbocycles. The second-order valence-electron chi connectivity index (χ2n) is 8.81. The van der Waals surface area contributed by atoms with Crippen molar-refractivity contribution in [3.63, 3.8) is 0 Å². The first-order valence-electron chi connectivity index (χ1n) is 12.1. The van der Waals surface area contributed by atoms with Crippen LogP contribution >= 0.6 is 0 Å². The monoisotopic (exact) mass is 442 g/mol. The van der Waals surface area contributed by atoms with E-state index in [2.05, 4.69) is 6.92 Å². The summed E-state index contributed by atoms with van der Waals surface area (Å²) in [4.78, 5) is 0. The van der Waals surface area contributed by atoms with E-state index in [4.69, 9.17) is 14.2 Å². The Balaban J connectivity index is 2.59. The summed E-state index contributed by atoms with van der Waals surface area (Å²) in [6.07, 6.45) is 12.9. The Morgan fingerprint density at radius 2 is 1.29 bits per heavy atom. The molecule has 0 aromatic heterocycles. The molecule has 0 saturated carbocycles. The smallest absolute Gasteiger partial charge is 0.285 e. The minimum atomic E-state index is -1.02. The van der Waals surface area contributed by atoms with Gasteiger partial charge in [0.2, 0.25) is 0 Å². The largest absolute Gasteiger partial charge is 0.331 e. The molecule has 1 rings (SSSR count). The second-order valence-corrected chi connectivity index (χ2v) is 8.81. The molecule has 1 unspecified atom stereocenters. The molecule has 5 heteroatoms. The number of rotatable bonds is 18. The highest BCUT2D eigenvalue weighted by Crippen LogP contribution is 2.34. The highest BCUT2D eigenvalue weighted by atomic mass is 19.1. The first-order chi connectivity index (χ1) is 14.9. The standard InChI is InChI=1S/C26H44F2O3/c1-6-7-8-9-10-13-16-23(26(29-4,30-5)31-21(2)3)17-14-11-12-15-22-18-24(27)20-25(28)19-22/h18-21,23H,6-17H2,1-5H3. The summed E-state index contributed by atoms with van der Waals surface area (Å²) in [7, 11) is 3.30. The van der Waals surface area contributed by atoms with Crippen LogP contribution in [-0.2, 0) is 20.6 Å². The minimum Gasteiger partial charge on any atom is -0.331 e. The van der Waals surface area contributed by atoms with Gasteiger partial charge in [-0.15, -0.1) is 0 Å². The first kappa shape index (κ1) is 28.0. The van der Waals surface area contributed by atoms with Crippen molar-refractivity contribution in [2.75, 3.05) is 14.2 Å². The third-order valence-corrected chi connectivity index (χ3v) is 5.82. The Morgan fingerprint density at radius 3 is 1.81 bits per heavy atom. The van der Waals surface area contributed by atoms with E-state index in [1.54, 1.807) is 14.2 Å². The van der Waals surface area contributed by atoms with Crippen LogP contribution in [0.25, 0.3) is 0 Å². The molecule has 0 bridgehead atoms. The highest BCUT2D eigenvalue weighted by molar-refractivity contribution is 5.17. The maximum Gasteiger partial charge on any atom is 0.285 e. The quantitative estimate of drug-likeness (QED) is 0.171. The van der Waals surface area contributed by atoms with Gasteiger partial charge in [0.1, 0.15) is 11.6 Å². The number of hydrogen-bond donors (Lipinski definition) is 0.